The number of carbonyl (C=O) groups is 1. The molecule has 1 unspecified atom stereocenters. The Morgan fingerprint density at radius 1 is 1.07 bits per heavy atom. The minimum atomic E-state index is -4.77. The standard InChI is InChI=1S/C21H15ClF3NO2S/c22-16-5-1-13(2-6-16)18-19-14(10-12-29-19)9-11-26(18)20(27)15-3-7-17(8-4-15)28-21(23,24)25/h1-8,10,12,18H,9,11H2. The van der Waals surface area contributed by atoms with E-state index in [9.17, 15) is 18.0 Å². The molecule has 0 saturated carbocycles. The van der Waals surface area contributed by atoms with Gasteiger partial charge in [-0.25, -0.2) is 0 Å². The number of thiophene rings is 1. The number of rotatable bonds is 3. The minimum Gasteiger partial charge on any atom is -0.406 e. The van der Waals surface area contributed by atoms with E-state index >= 15 is 0 Å². The van der Waals surface area contributed by atoms with Crippen LogP contribution >= 0.6 is 22.9 Å². The highest BCUT2D eigenvalue weighted by molar-refractivity contribution is 7.10. The van der Waals surface area contributed by atoms with Gasteiger partial charge in [-0.05, 0) is 65.4 Å². The molecule has 1 aromatic heterocycles. The van der Waals surface area contributed by atoms with E-state index in [1.165, 1.54) is 17.7 Å². The summed E-state index contributed by atoms with van der Waals surface area (Å²) in [6.07, 6.45) is -4.04. The van der Waals surface area contributed by atoms with Gasteiger partial charge in [-0.1, -0.05) is 23.7 Å². The van der Waals surface area contributed by atoms with Crippen molar-refractivity contribution in [2.24, 2.45) is 0 Å². The predicted octanol–water partition coefficient (Wildman–Crippen LogP) is 6.09. The van der Waals surface area contributed by atoms with E-state index in [-0.39, 0.29) is 17.7 Å². The topological polar surface area (TPSA) is 29.5 Å². The summed E-state index contributed by atoms with van der Waals surface area (Å²) >= 11 is 7.60. The molecular formula is C21H15ClF3NO2S. The van der Waals surface area contributed by atoms with Gasteiger partial charge in [0.2, 0.25) is 0 Å². The average Bonchev–Trinajstić information content (AvgIpc) is 3.16. The number of halogens is 4. The lowest BCUT2D eigenvalue weighted by Crippen LogP contribution is -2.40. The van der Waals surface area contributed by atoms with Crippen LogP contribution in [0, 0.1) is 0 Å². The smallest absolute Gasteiger partial charge is 0.406 e. The fourth-order valence-electron chi connectivity index (χ4n) is 3.47. The number of hydrogen-bond donors (Lipinski definition) is 0. The SMILES string of the molecule is O=C(c1ccc(OC(F)(F)F)cc1)N1CCc2ccsc2C1c1ccc(Cl)cc1. The van der Waals surface area contributed by atoms with Crippen molar-refractivity contribution in [3.8, 4) is 5.75 Å². The first-order chi connectivity index (χ1) is 13.8. The first-order valence-electron chi connectivity index (χ1n) is 8.80. The first kappa shape index (κ1) is 19.8. The molecule has 0 radical (unpaired) electrons. The van der Waals surface area contributed by atoms with Gasteiger partial charge >= 0.3 is 6.36 Å². The van der Waals surface area contributed by atoms with Crippen LogP contribution in [0.15, 0.2) is 60.0 Å². The lowest BCUT2D eigenvalue weighted by molar-refractivity contribution is -0.274. The van der Waals surface area contributed by atoms with Gasteiger partial charge in [-0.15, -0.1) is 24.5 Å². The molecule has 2 aromatic carbocycles. The van der Waals surface area contributed by atoms with Crippen molar-refractivity contribution in [2.45, 2.75) is 18.8 Å². The van der Waals surface area contributed by atoms with Gasteiger partial charge in [0, 0.05) is 22.0 Å². The molecule has 0 spiro atoms. The van der Waals surface area contributed by atoms with Crippen LogP contribution < -0.4 is 4.74 Å². The molecule has 0 N–H and O–H groups in total. The van der Waals surface area contributed by atoms with Gasteiger partial charge in [0.05, 0.1) is 6.04 Å². The molecule has 29 heavy (non-hydrogen) atoms. The van der Waals surface area contributed by atoms with E-state index in [2.05, 4.69) is 10.8 Å². The third-order valence-electron chi connectivity index (χ3n) is 4.74. The number of carbonyl (C=O) groups excluding carboxylic acids is 1. The molecule has 2 heterocycles. The summed E-state index contributed by atoms with van der Waals surface area (Å²) in [4.78, 5) is 16.1. The maximum absolute atomic E-state index is 13.2. The number of benzene rings is 2. The van der Waals surface area contributed by atoms with Crippen LogP contribution in [0.2, 0.25) is 5.02 Å². The zero-order valence-electron chi connectivity index (χ0n) is 14.9. The van der Waals surface area contributed by atoms with Gasteiger partial charge < -0.3 is 9.64 Å². The van der Waals surface area contributed by atoms with Crippen molar-refractivity contribution in [3.05, 3.63) is 86.6 Å². The van der Waals surface area contributed by atoms with Crippen molar-refractivity contribution in [1.82, 2.24) is 4.90 Å². The van der Waals surface area contributed by atoms with Crippen LogP contribution in [-0.2, 0) is 6.42 Å². The molecule has 0 fully saturated rings. The second-order valence-corrected chi connectivity index (χ2v) is 7.97. The third kappa shape index (κ3) is 4.26. The Morgan fingerprint density at radius 3 is 2.41 bits per heavy atom. The van der Waals surface area contributed by atoms with Crippen molar-refractivity contribution >= 4 is 28.8 Å². The molecule has 3 nitrogen and oxygen atoms in total. The number of fused-ring (bicyclic) bond motifs is 1. The van der Waals surface area contributed by atoms with Crippen LogP contribution in [-0.4, -0.2) is 23.7 Å². The zero-order chi connectivity index (χ0) is 20.6. The van der Waals surface area contributed by atoms with Crippen LogP contribution in [0.1, 0.15) is 32.4 Å². The molecule has 1 amide bonds. The summed E-state index contributed by atoms with van der Waals surface area (Å²) in [5.41, 5.74) is 2.44. The van der Waals surface area contributed by atoms with Gasteiger partial charge in [-0.3, -0.25) is 4.79 Å². The van der Waals surface area contributed by atoms with Crippen molar-refractivity contribution in [1.29, 1.82) is 0 Å². The van der Waals surface area contributed by atoms with Crippen LogP contribution in [0.3, 0.4) is 0 Å². The lowest BCUT2D eigenvalue weighted by atomic mass is 9.94. The Kier molecular flexibility index (Phi) is 5.27. The molecule has 1 atom stereocenters. The molecule has 8 heteroatoms. The highest BCUT2D eigenvalue weighted by atomic mass is 35.5. The summed E-state index contributed by atoms with van der Waals surface area (Å²) in [6, 6.07) is 14.2. The maximum Gasteiger partial charge on any atom is 0.573 e. The monoisotopic (exact) mass is 437 g/mol. The van der Waals surface area contributed by atoms with E-state index < -0.39 is 6.36 Å². The Labute approximate surface area is 174 Å². The highest BCUT2D eigenvalue weighted by Crippen LogP contribution is 2.39. The normalized spacial score (nSPS) is 16.4. The molecule has 150 valence electrons. The Balaban J connectivity index is 1.65. The Hall–Kier alpha value is -2.51. The van der Waals surface area contributed by atoms with Crippen LogP contribution in [0.5, 0.6) is 5.75 Å². The van der Waals surface area contributed by atoms with Crippen molar-refractivity contribution in [3.63, 3.8) is 0 Å². The Morgan fingerprint density at radius 2 is 1.76 bits per heavy atom. The Bertz CT molecular complexity index is 1020. The van der Waals surface area contributed by atoms with Crippen molar-refractivity contribution in [2.75, 3.05) is 6.54 Å². The summed E-state index contributed by atoms with van der Waals surface area (Å²) in [6.45, 7) is 0.511. The molecule has 1 aliphatic rings. The van der Waals surface area contributed by atoms with Gasteiger partial charge in [-0.2, -0.15) is 0 Å². The zero-order valence-corrected chi connectivity index (χ0v) is 16.5. The van der Waals surface area contributed by atoms with E-state index in [0.717, 1.165) is 29.0 Å². The molecule has 1 aliphatic heterocycles. The van der Waals surface area contributed by atoms with Crippen LogP contribution in [0.25, 0.3) is 0 Å². The number of amides is 1. The third-order valence-corrected chi connectivity index (χ3v) is 6.01. The molecule has 3 aromatic rings. The molecule has 4 rings (SSSR count). The number of ether oxygens (including phenoxy) is 1. The summed E-state index contributed by atoms with van der Waals surface area (Å²) in [5.74, 6) is -0.606. The van der Waals surface area contributed by atoms with Gasteiger partial charge in [0.25, 0.3) is 5.91 Å². The number of nitrogens with zero attached hydrogens (tertiary/aromatic N) is 1. The number of alkyl halides is 3. The fraction of sp³-hybridized carbons (Fsp3) is 0.190. The average molecular weight is 438 g/mol. The second-order valence-electron chi connectivity index (χ2n) is 6.58. The van der Waals surface area contributed by atoms with E-state index in [4.69, 9.17) is 11.6 Å². The second kappa shape index (κ2) is 7.72. The minimum absolute atomic E-state index is 0.248. The van der Waals surface area contributed by atoms with E-state index in [1.54, 1.807) is 28.4 Å². The highest BCUT2D eigenvalue weighted by Gasteiger charge is 2.34. The first-order valence-corrected chi connectivity index (χ1v) is 10.1. The van der Waals surface area contributed by atoms with Crippen molar-refractivity contribution < 1.29 is 22.7 Å². The van der Waals surface area contributed by atoms with E-state index in [1.807, 2.05) is 17.5 Å². The summed E-state index contributed by atoms with van der Waals surface area (Å²) in [5, 5.41) is 2.61. The summed E-state index contributed by atoms with van der Waals surface area (Å²) < 4.78 is 41.0. The van der Waals surface area contributed by atoms with Gasteiger partial charge in [0.15, 0.2) is 0 Å². The van der Waals surface area contributed by atoms with Gasteiger partial charge in [0.1, 0.15) is 5.75 Å². The quantitative estimate of drug-likeness (QED) is 0.496. The molecule has 0 aliphatic carbocycles. The fourth-order valence-corrected chi connectivity index (χ4v) is 4.68. The number of hydrogen-bond acceptors (Lipinski definition) is 3. The molecule has 0 saturated heterocycles. The van der Waals surface area contributed by atoms with E-state index in [0.29, 0.717) is 17.1 Å². The summed E-state index contributed by atoms with van der Waals surface area (Å²) in [7, 11) is 0. The largest absolute Gasteiger partial charge is 0.573 e. The lowest BCUT2D eigenvalue weighted by Gasteiger charge is -2.36. The van der Waals surface area contributed by atoms with Crippen LogP contribution in [0.4, 0.5) is 13.2 Å². The molecular weight excluding hydrogens is 423 g/mol. The molecule has 0 bridgehead atoms. The predicted molar refractivity (Wildman–Crippen MR) is 105 cm³/mol. The maximum atomic E-state index is 13.2.